The number of rotatable bonds is 6. The molecule has 0 bridgehead atoms. The average Bonchev–Trinajstić information content (AvgIpc) is 2.70. The number of piperidine rings is 1. The van der Waals surface area contributed by atoms with E-state index in [1.165, 1.54) is 11.6 Å². The van der Waals surface area contributed by atoms with Crippen LogP contribution in [-0.4, -0.2) is 49.9 Å². The Morgan fingerprint density at radius 3 is 2.61 bits per heavy atom. The summed E-state index contributed by atoms with van der Waals surface area (Å²) in [4.78, 5) is 4.83. The van der Waals surface area contributed by atoms with E-state index in [4.69, 9.17) is 9.47 Å². The molecule has 28 heavy (non-hydrogen) atoms. The summed E-state index contributed by atoms with van der Waals surface area (Å²) >= 11 is 0. The maximum atomic E-state index is 13.7. The molecule has 2 aromatic rings. The minimum atomic E-state index is -0.182. The van der Waals surface area contributed by atoms with E-state index >= 15 is 0 Å². The van der Waals surface area contributed by atoms with Gasteiger partial charge in [-0.2, -0.15) is 0 Å². The van der Waals surface area contributed by atoms with Gasteiger partial charge in [-0.25, -0.2) is 4.39 Å². The van der Waals surface area contributed by atoms with Crippen molar-refractivity contribution in [2.24, 2.45) is 0 Å². The predicted octanol–water partition coefficient (Wildman–Crippen LogP) is 4.09. The third kappa shape index (κ3) is 3.49. The third-order valence-corrected chi connectivity index (χ3v) is 6.28. The molecule has 2 fully saturated rings. The Morgan fingerprint density at radius 1 is 1.11 bits per heavy atom. The van der Waals surface area contributed by atoms with Gasteiger partial charge in [0.2, 0.25) is 0 Å². The van der Waals surface area contributed by atoms with Crippen molar-refractivity contribution in [1.82, 2.24) is 4.90 Å². The van der Waals surface area contributed by atoms with Crippen LogP contribution in [0.15, 0.2) is 48.5 Å². The molecule has 2 aromatic carbocycles. The van der Waals surface area contributed by atoms with Crippen LogP contribution < -0.4 is 9.64 Å². The highest BCUT2D eigenvalue weighted by Crippen LogP contribution is 2.45. The Kier molecular flexibility index (Phi) is 5.56. The lowest BCUT2D eigenvalue weighted by atomic mass is 9.73. The van der Waals surface area contributed by atoms with Crippen molar-refractivity contribution < 1.29 is 13.9 Å². The second kappa shape index (κ2) is 8.10. The van der Waals surface area contributed by atoms with Crippen LogP contribution in [0, 0.1) is 5.82 Å². The molecule has 1 unspecified atom stereocenters. The second-order valence-corrected chi connectivity index (χ2v) is 7.74. The summed E-state index contributed by atoms with van der Waals surface area (Å²) in [5.41, 5.74) is 2.17. The van der Waals surface area contributed by atoms with Crippen LogP contribution in [0.4, 0.5) is 10.1 Å². The monoisotopic (exact) mass is 384 g/mol. The zero-order valence-electron chi connectivity index (χ0n) is 16.7. The highest BCUT2D eigenvalue weighted by atomic mass is 19.1. The van der Waals surface area contributed by atoms with E-state index in [-0.39, 0.29) is 17.5 Å². The van der Waals surface area contributed by atoms with E-state index in [9.17, 15) is 4.39 Å². The largest absolute Gasteiger partial charge is 0.494 e. The minimum Gasteiger partial charge on any atom is -0.494 e. The first-order chi connectivity index (χ1) is 13.7. The lowest BCUT2D eigenvalue weighted by molar-refractivity contribution is -0.0473. The zero-order valence-corrected chi connectivity index (χ0v) is 16.7. The van der Waals surface area contributed by atoms with Crippen LogP contribution in [0.1, 0.15) is 25.3 Å². The molecule has 2 saturated heterocycles. The summed E-state index contributed by atoms with van der Waals surface area (Å²) < 4.78 is 25.3. The van der Waals surface area contributed by atoms with E-state index in [0.29, 0.717) is 6.61 Å². The SMILES string of the molecule is CCOc1ccccc1CN1CCC2(CC1)C(OC)CN2c1cccc(F)c1. The first-order valence-corrected chi connectivity index (χ1v) is 10.2. The highest BCUT2D eigenvalue weighted by molar-refractivity contribution is 5.54. The first-order valence-electron chi connectivity index (χ1n) is 10.2. The molecule has 0 N–H and O–H groups in total. The Bertz CT molecular complexity index is 805. The maximum absolute atomic E-state index is 13.7. The van der Waals surface area contributed by atoms with Crippen LogP contribution in [0.2, 0.25) is 0 Å². The Labute approximate surface area is 166 Å². The van der Waals surface area contributed by atoms with Gasteiger partial charge in [-0.1, -0.05) is 24.3 Å². The highest BCUT2D eigenvalue weighted by Gasteiger charge is 2.54. The van der Waals surface area contributed by atoms with Gasteiger partial charge in [0.1, 0.15) is 11.6 Å². The molecule has 0 saturated carbocycles. The first kappa shape index (κ1) is 19.2. The topological polar surface area (TPSA) is 24.9 Å². The van der Waals surface area contributed by atoms with Crippen molar-refractivity contribution in [3.63, 3.8) is 0 Å². The van der Waals surface area contributed by atoms with Crippen molar-refractivity contribution >= 4 is 5.69 Å². The van der Waals surface area contributed by atoms with Crippen LogP contribution >= 0.6 is 0 Å². The van der Waals surface area contributed by atoms with E-state index in [0.717, 1.165) is 50.5 Å². The average molecular weight is 384 g/mol. The van der Waals surface area contributed by atoms with Gasteiger partial charge in [0, 0.05) is 44.5 Å². The molecule has 0 aliphatic carbocycles. The molecule has 2 aliphatic heterocycles. The number of methoxy groups -OCH3 is 1. The molecule has 150 valence electrons. The lowest BCUT2D eigenvalue weighted by Crippen LogP contribution is -2.74. The number of hydrogen-bond donors (Lipinski definition) is 0. The Morgan fingerprint density at radius 2 is 1.89 bits per heavy atom. The van der Waals surface area contributed by atoms with Crippen molar-refractivity contribution in [2.75, 3.05) is 38.3 Å². The fraction of sp³-hybridized carbons (Fsp3) is 0.478. The molecular formula is C23H29FN2O2. The zero-order chi connectivity index (χ0) is 19.6. The third-order valence-electron chi connectivity index (χ3n) is 6.28. The van der Waals surface area contributed by atoms with E-state index in [1.807, 2.05) is 25.1 Å². The van der Waals surface area contributed by atoms with Gasteiger partial charge < -0.3 is 14.4 Å². The van der Waals surface area contributed by atoms with Crippen LogP contribution in [0.25, 0.3) is 0 Å². The van der Waals surface area contributed by atoms with Gasteiger partial charge in [-0.15, -0.1) is 0 Å². The van der Waals surface area contributed by atoms with Crippen molar-refractivity contribution in [1.29, 1.82) is 0 Å². The van der Waals surface area contributed by atoms with Crippen LogP contribution in [0.5, 0.6) is 5.75 Å². The molecule has 4 rings (SSSR count). The van der Waals surface area contributed by atoms with Crippen LogP contribution in [-0.2, 0) is 11.3 Å². The van der Waals surface area contributed by atoms with Crippen molar-refractivity contribution in [3.05, 3.63) is 59.9 Å². The summed E-state index contributed by atoms with van der Waals surface area (Å²) in [5, 5.41) is 0. The van der Waals surface area contributed by atoms with Gasteiger partial charge in [-0.05, 0) is 44.0 Å². The quantitative estimate of drug-likeness (QED) is 0.749. The Hall–Kier alpha value is -2.11. The number of ether oxygens (including phenoxy) is 2. The summed E-state index contributed by atoms with van der Waals surface area (Å²) in [5.74, 6) is 0.795. The van der Waals surface area contributed by atoms with Crippen molar-refractivity contribution in [2.45, 2.75) is 38.0 Å². The smallest absolute Gasteiger partial charge is 0.125 e. The second-order valence-electron chi connectivity index (χ2n) is 7.74. The fourth-order valence-electron chi connectivity index (χ4n) is 4.74. The van der Waals surface area contributed by atoms with Gasteiger partial charge in [0.05, 0.1) is 18.2 Å². The maximum Gasteiger partial charge on any atom is 0.125 e. The number of hydrogen-bond acceptors (Lipinski definition) is 4. The molecule has 2 heterocycles. The number of benzene rings is 2. The molecule has 4 nitrogen and oxygen atoms in total. The molecule has 0 radical (unpaired) electrons. The van der Waals surface area contributed by atoms with E-state index in [2.05, 4.69) is 21.9 Å². The summed E-state index contributed by atoms with van der Waals surface area (Å²) in [6.07, 6.45) is 2.23. The van der Waals surface area contributed by atoms with Gasteiger partial charge in [0.15, 0.2) is 0 Å². The van der Waals surface area contributed by atoms with Gasteiger partial charge >= 0.3 is 0 Å². The van der Waals surface area contributed by atoms with Gasteiger partial charge in [0.25, 0.3) is 0 Å². The van der Waals surface area contributed by atoms with Crippen molar-refractivity contribution in [3.8, 4) is 5.75 Å². The molecule has 5 heteroatoms. The van der Waals surface area contributed by atoms with E-state index in [1.54, 1.807) is 19.2 Å². The Balaban J connectivity index is 1.46. The number of para-hydroxylation sites is 1. The molecule has 1 spiro atoms. The predicted molar refractivity (Wildman–Crippen MR) is 109 cm³/mol. The molecule has 2 aliphatic rings. The number of nitrogens with zero attached hydrogens (tertiary/aromatic N) is 2. The molecule has 0 aromatic heterocycles. The van der Waals surface area contributed by atoms with Gasteiger partial charge in [-0.3, -0.25) is 4.90 Å². The molecule has 0 amide bonds. The summed E-state index contributed by atoms with van der Waals surface area (Å²) in [6, 6.07) is 15.2. The molecular weight excluding hydrogens is 355 g/mol. The summed E-state index contributed by atoms with van der Waals surface area (Å²) in [7, 11) is 1.79. The number of anilines is 1. The standard InChI is InChI=1S/C23H29FN2O2/c1-3-28-21-10-5-4-7-18(21)16-25-13-11-23(12-14-25)22(27-2)17-26(23)20-9-6-8-19(24)15-20/h4-10,15,22H,3,11-14,16-17H2,1-2H3. The molecule has 1 atom stereocenters. The van der Waals surface area contributed by atoms with E-state index < -0.39 is 0 Å². The number of halogens is 1. The van der Waals surface area contributed by atoms with Crippen LogP contribution in [0.3, 0.4) is 0 Å². The number of likely N-dealkylation sites (tertiary alicyclic amines) is 1. The normalized spacial score (nSPS) is 21.5. The fourth-order valence-corrected chi connectivity index (χ4v) is 4.74. The summed E-state index contributed by atoms with van der Waals surface area (Å²) in [6.45, 7) is 6.40. The minimum absolute atomic E-state index is 0.0293. The lowest BCUT2D eigenvalue weighted by Gasteiger charge is -2.62.